The molecular formula is C28H21N3O5. The van der Waals surface area contributed by atoms with E-state index < -0.39 is 28.9 Å². The van der Waals surface area contributed by atoms with E-state index in [1.54, 1.807) is 18.2 Å². The summed E-state index contributed by atoms with van der Waals surface area (Å²) >= 11 is 0. The molecule has 2 fully saturated rings. The number of carbonyl (C=O) groups excluding carboxylic acids is 2. The quantitative estimate of drug-likeness (QED) is 0.230. The first-order valence-corrected chi connectivity index (χ1v) is 11.6. The van der Waals surface area contributed by atoms with Gasteiger partial charge in [-0.2, -0.15) is 0 Å². The highest BCUT2D eigenvalue weighted by atomic mass is 16.7. The Hall–Kier alpha value is -4.56. The number of benzene rings is 4. The fourth-order valence-corrected chi connectivity index (χ4v) is 5.13. The van der Waals surface area contributed by atoms with Crippen molar-refractivity contribution in [3.8, 4) is 0 Å². The summed E-state index contributed by atoms with van der Waals surface area (Å²) in [7, 11) is 0. The van der Waals surface area contributed by atoms with Crippen LogP contribution in [0.3, 0.4) is 0 Å². The average Bonchev–Trinajstić information content (AvgIpc) is 3.40. The van der Waals surface area contributed by atoms with Gasteiger partial charge in [0, 0.05) is 17.5 Å². The van der Waals surface area contributed by atoms with Crippen LogP contribution in [0.15, 0.2) is 91.0 Å². The molecule has 36 heavy (non-hydrogen) atoms. The lowest BCUT2D eigenvalue weighted by molar-refractivity contribution is -0.384. The first-order chi connectivity index (χ1) is 17.4. The van der Waals surface area contributed by atoms with Gasteiger partial charge in [0.2, 0.25) is 5.91 Å². The smallest absolute Gasteiger partial charge is 0.271 e. The van der Waals surface area contributed by atoms with Gasteiger partial charge in [0.1, 0.15) is 5.92 Å². The number of hydroxylamine groups is 1. The van der Waals surface area contributed by atoms with Crippen molar-refractivity contribution in [2.24, 2.45) is 5.92 Å². The molecule has 2 saturated heterocycles. The number of hydrogen-bond donors (Lipinski definition) is 0. The molecule has 4 aromatic rings. The normalized spacial score (nSPS) is 21.3. The van der Waals surface area contributed by atoms with Gasteiger partial charge < -0.3 is 0 Å². The van der Waals surface area contributed by atoms with Crippen LogP contribution in [0.2, 0.25) is 0 Å². The molecule has 0 N–H and O–H groups in total. The van der Waals surface area contributed by atoms with Gasteiger partial charge in [-0.25, -0.2) is 9.96 Å². The zero-order valence-corrected chi connectivity index (χ0v) is 19.3. The molecule has 2 aliphatic heterocycles. The molecule has 4 aromatic carbocycles. The number of aryl methyl sites for hydroxylation is 1. The van der Waals surface area contributed by atoms with Crippen molar-refractivity contribution >= 4 is 39.6 Å². The lowest BCUT2D eigenvalue weighted by Crippen LogP contribution is -2.37. The minimum absolute atomic E-state index is 0.106. The summed E-state index contributed by atoms with van der Waals surface area (Å²) in [6, 6.07) is 26.1. The number of nitro groups is 1. The van der Waals surface area contributed by atoms with E-state index in [9.17, 15) is 19.7 Å². The monoisotopic (exact) mass is 479 g/mol. The van der Waals surface area contributed by atoms with E-state index in [4.69, 9.17) is 4.84 Å². The van der Waals surface area contributed by atoms with Gasteiger partial charge in [-0.05, 0) is 30.0 Å². The molecule has 0 radical (unpaired) electrons. The highest BCUT2D eigenvalue weighted by molar-refractivity contribution is 6.26. The second-order valence-electron chi connectivity index (χ2n) is 9.02. The number of fused-ring (bicyclic) bond motifs is 2. The van der Waals surface area contributed by atoms with E-state index in [0.29, 0.717) is 11.4 Å². The van der Waals surface area contributed by atoms with Crippen molar-refractivity contribution < 1.29 is 19.3 Å². The molecule has 0 bridgehead atoms. The van der Waals surface area contributed by atoms with Crippen molar-refractivity contribution in [2.75, 3.05) is 9.96 Å². The highest BCUT2D eigenvalue weighted by Crippen LogP contribution is 2.48. The Bertz CT molecular complexity index is 1530. The van der Waals surface area contributed by atoms with Crippen LogP contribution in [0.4, 0.5) is 17.1 Å². The average molecular weight is 479 g/mol. The molecule has 6 rings (SSSR count). The standard InChI is InChI=1S/C28H21N3O5/c1-17-12-14-19(15-13-17)25-24-26(36-30(25)20-8-5-9-21(16-20)31(34)35)28(33)29(27(24)32)23-11-4-7-18-6-2-3-10-22(18)23/h2-16,24-26H,1H3/t24-,25+,26-/m0/s1. The molecule has 2 amide bonds. The van der Waals surface area contributed by atoms with E-state index >= 15 is 0 Å². The molecule has 0 unspecified atom stereocenters. The van der Waals surface area contributed by atoms with Gasteiger partial charge in [0.25, 0.3) is 11.6 Å². The summed E-state index contributed by atoms with van der Waals surface area (Å²) in [6.45, 7) is 1.96. The minimum atomic E-state index is -1.05. The van der Waals surface area contributed by atoms with E-state index in [0.717, 1.165) is 21.9 Å². The van der Waals surface area contributed by atoms with E-state index in [2.05, 4.69) is 0 Å². The first-order valence-electron chi connectivity index (χ1n) is 11.6. The number of rotatable bonds is 4. The third kappa shape index (κ3) is 3.34. The van der Waals surface area contributed by atoms with Crippen molar-refractivity contribution in [3.63, 3.8) is 0 Å². The van der Waals surface area contributed by atoms with Crippen molar-refractivity contribution in [1.82, 2.24) is 0 Å². The Labute approximate surface area is 206 Å². The molecular weight excluding hydrogens is 458 g/mol. The summed E-state index contributed by atoms with van der Waals surface area (Å²) in [6.07, 6.45) is -1.05. The third-order valence-corrected chi connectivity index (χ3v) is 6.84. The maximum atomic E-state index is 13.9. The number of amides is 2. The topological polar surface area (TPSA) is 93.0 Å². The molecule has 0 aliphatic carbocycles. The lowest BCUT2D eigenvalue weighted by atomic mass is 9.90. The summed E-state index contributed by atoms with van der Waals surface area (Å²) in [5.74, 6) is -1.63. The number of anilines is 2. The SMILES string of the molecule is Cc1ccc([C@@H]2[C@@H]3C(=O)N(c4cccc5ccccc45)C(=O)[C@H]3ON2c2cccc([N+](=O)[O-])c2)cc1. The van der Waals surface area contributed by atoms with Gasteiger partial charge in [0.15, 0.2) is 6.10 Å². The predicted molar refractivity (Wildman–Crippen MR) is 134 cm³/mol. The Kier molecular flexibility index (Phi) is 5.05. The maximum absolute atomic E-state index is 13.9. The number of non-ortho nitro benzene ring substituents is 1. The van der Waals surface area contributed by atoms with Gasteiger partial charge >= 0.3 is 0 Å². The van der Waals surface area contributed by atoms with Crippen LogP contribution in [0.25, 0.3) is 10.8 Å². The van der Waals surface area contributed by atoms with Gasteiger partial charge in [-0.3, -0.25) is 24.5 Å². The van der Waals surface area contributed by atoms with Crippen LogP contribution in [0.5, 0.6) is 0 Å². The molecule has 8 nitrogen and oxygen atoms in total. The van der Waals surface area contributed by atoms with E-state index in [1.807, 2.05) is 67.6 Å². The zero-order valence-electron chi connectivity index (χ0n) is 19.3. The number of imide groups is 1. The van der Waals surface area contributed by atoms with Crippen LogP contribution in [0, 0.1) is 23.0 Å². The molecule has 8 heteroatoms. The molecule has 0 spiro atoms. The van der Waals surface area contributed by atoms with Gasteiger partial charge in [-0.1, -0.05) is 72.3 Å². The van der Waals surface area contributed by atoms with Gasteiger partial charge in [-0.15, -0.1) is 0 Å². The van der Waals surface area contributed by atoms with Crippen LogP contribution in [0.1, 0.15) is 17.2 Å². The van der Waals surface area contributed by atoms with Crippen LogP contribution in [-0.4, -0.2) is 22.8 Å². The predicted octanol–water partition coefficient (Wildman–Crippen LogP) is 5.11. The minimum Gasteiger partial charge on any atom is -0.273 e. The zero-order chi connectivity index (χ0) is 25.0. The Morgan fingerprint density at radius 3 is 2.36 bits per heavy atom. The van der Waals surface area contributed by atoms with Crippen molar-refractivity contribution in [1.29, 1.82) is 0 Å². The first kappa shape index (κ1) is 21.9. The second-order valence-corrected chi connectivity index (χ2v) is 9.02. The Morgan fingerprint density at radius 2 is 1.58 bits per heavy atom. The summed E-state index contributed by atoms with van der Waals surface area (Å²) in [5, 5.41) is 14.6. The second kappa shape index (κ2) is 8.28. The Balaban J connectivity index is 1.46. The lowest BCUT2D eigenvalue weighted by Gasteiger charge is -2.29. The van der Waals surface area contributed by atoms with E-state index in [1.165, 1.54) is 22.1 Å². The van der Waals surface area contributed by atoms with Crippen LogP contribution in [-0.2, 0) is 14.4 Å². The molecule has 2 heterocycles. The number of carbonyl (C=O) groups is 2. The fourth-order valence-electron chi connectivity index (χ4n) is 5.13. The van der Waals surface area contributed by atoms with Crippen LogP contribution >= 0.6 is 0 Å². The molecule has 178 valence electrons. The third-order valence-electron chi connectivity index (χ3n) is 6.84. The van der Waals surface area contributed by atoms with Crippen molar-refractivity contribution in [3.05, 3.63) is 112 Å². The van der Waals surface area contributed by atoms with Crippen LogP contribution < -0.4 is 9.96 Å². The summed E-state index contributed by atoms with van der Waals surface area (Å²) in [4.78, 5) is 45.9. The Morgan fingerprint density at radius 1 is 0.861 bits per heavy atom. The van der Waals surface area contributed by atoms with E-state index in [-0.39, 0.29) is 11.6 Å². The number of hydrogen-bond acceptors (Lipinski definition) is 6. The molecule has 0 aromatic heterocycles. The number of nitrogens with zero attached hydrogens (tertiary/aromatic N) is 3. The number of nitro benzene ring substituents is 1. The highest BCUT2D eigenvalue weighted by Gasteiger charge is 2.60. The molecule has 3 atom stereocenters. The summed E-state index contributed by atoms with van der Waals surface area (Å²) < 4.78 is 0. The largest absolute Gasteiger partial charge is 0.273 e. The fraction of sp³-hybridized carbons (Fsp3) is 0.143. The van der Waals surface area contributed by atoms with Crippen molar-refractivity contribution in [2.45, 2.75) is 19.1 Å². The summed E-state index contributed by atoms with van der Waals surface area (Å²) in [5.41, 5.74) is 2.64. The molecule has 2 aliphatic rings. The van der Waals surface area contributed by atoms with Gasteiger partial charge in [0.05, 0.1) is 22.3 Å². The molecule has 0 saturated carbocycles. The maximum Gasteiger partial charge on any atom is 0.271 e.